The number of fused-ring (bicyclic) bond motifs is 2. The van der Waals surface area contributed by atoms with E-state index in [1.807, 2.05) is 0 Å². The minimum atomic E-state index is -5.10. The molecule has 35 heteroatoms. The van der Waals surface area contributed by atoms with E-state index < -0.39 is 89.0 Å². The van der Waals surface area contributed by atoms with E-state index in [1.54, 1.807) is 0 Å². The van der Waals surface area contributed by atoms with Gasteiger partial charge in [0.1, 0.15) is 42.5 Å². The summed E-state index contributed by atoms with van der Waals surface area (Å²) in [5.74, 6) is -2.16. The van der Waals surface area contributed by atoms with Crippen LogP contribution in [0.3, 0.4) is 0 Å². The number of ether oxygens (including phenoxy) is 2. The van der Waals surface area contributed by atoms with Gasteiger partial charge in [-0.15, -0.1) is 10.2 Å². The number of aliphatic hydroxyl groups excluding tert-OH is 4. The van der Waals surface area contributed by atoms with Gasteiger partial charge in [-0.3, -0.25) is 18.2 Å². The molecule has 14 N–H and O–H groups in total. The zero-order chi connectivity index (χ0) is 58.3. The number of hydrogen-bond donors (Lipinski definition) is 14. The average Bonchev–Trinajstić information content (AvgIpc) is 3.34. The normalized spacial score (nSPS) is 11.8. The van der Waals surface area contributed by atoms with E-state index in [2.05, 4.69) is 41.7 Å². The topological polar surface area (TPSA) is 472 Å². The van der Waals surface area contributed by atoms with E-state index >= 15 is 0 Å². The van der Waals surface area contributed by atoms with Crippen molar-refractivity contribution in [2.75, 3.05) is 77.5 Å². The van der Waals surface area contributed by atoms with Gasteiger partial charge >= 0.3 is 65.1 Å². The van der Waals surface area contributed by atoms with Crippen molar-refractivity contribution in [1.29, 1.82) is 0 Å². The molecule has 80 heavy (non-hydrogen) atoms. The standard InChI is InChI=1S/C37H32N6O17S4.2C4H11NO2.2Na/c1-17-9-23(15-27(59-3)35(17)63(53,54)55)40-42-31-29(61(47,48)49)13-19-11-21(5-7-25(19)33(31)44)38-37(46)39-22-6-8-26-20(12-22)14-30(62(50,51)52)32(34(26)45)43-41-24-10-18(2)36(64(56,57)58)28(16-24)60-4;2*6-3-1-5-2-4-7;;/h5-16,44-45H,1-4H3,(H2,38,39,46)(H,47,48,49)(H,50,51,52)(H,53,54,55)(H,56,57,58);2*5-7H,1-4H2;;/q;;;2*+1. The number of aromatic hydroxyl groups is 2. The predicted molar refractivity (Wildman–Crippen MR) is 281 cm³/mol. The zero-order valence-corrected chi connectivity index (χ0v) is 50.7. The number of nitrogens with zero attached hydrogens (tertiary/aromatic N) is 4. The van der Waals surface area contributed by atoms with Crippen LogP contribution in [0.4, 0.5) is 38.9 Å². The van der Waals surface area contributed by atoms with Crippen molar-refractivity contribution in [1.82, 2.24) is 10.6 Å². The summed E-state index contributed by atoms with van der Waals surface area (Å²) in [4.78, 5) is 10.2. The Labute approximate surface area is 502 Å². The molecule has 0 heterocycles. The summed E-state index contributed by atoms with van der Waals surface area (Å²) in [6.45, 7) is 5.47. The number of urea groups is 1. The number of phenols is 2. The monoisotopic (exact) mass is 1220 g/mol. The number of rotatable bonds is 20. The fourth-order valence-corrected chi connectivity index (χ4v) is 10.1. The number of phenolic OH excluding ortho intramolecular Hbond substituents is 2. The number of methoxy groups -OCH3 is 2. The van der Waals surface area contributed by atoms with E-state index in [4.69, 9.17) is 29.9 Å². The summed E-state index contributed by atoms with van der Waals surface area (Å²) in [7, 11) is -17.4. The summed E-state index contributed by atoms with van der Waals surface area (Å²) in [6, 6.07) is 13.1. The van der Waals surface area contributed by atoms with Crippen LogP contribution in [0.5, 0.6) is 23.0 Å². The second kappa shape index (κ2) is 31.4. The second-order valence-electron chi connectivity index (χ2n) is 15.9. The van der Waals surface area contributed by atoms with Crippen molar-refractivity contribution in [3.05, 3.63) is 83.9 Å². The van der Waals surface area contributed by atoms with Gasteiger partial charge in [0.05, 0.1) is 52.0 Å². The maximum Gasteiger partial charge on any atom is 1.00 e. The van der Waals surface area contributed by atoms with Gasteiger partial charge in [-0.05, 0) is 96.4 Å². The van der Waals surface area contributed by atoms with Crippen molar-refractivity contribution < 1.29 is 156 Å². The van der Waals surface area contributed by atoms with Crippen molar-refractivity contribution >= 4 is 102 Å². The van der Waals surface area contributed by atoms with Crippen molar-refractivity contribution in [2.45, 2.75) is 33.4 Å². The fourth-order valence-electron chi connectivity index (χ4n) is 7.05. The maximum atomic E-state index is 13.1. The smallest absolute Gasteiger partial charge is 0.505 e. The number of aryl methyl sites for hydroxylation is 2. The Bertz CT molecular complexity index is 3460. The third-order valence-corrected chi connectivity index (χ3v) is 14.1. The molecule has 0 fully saturated rings. The number of nitrogens with one attached hydrogen (secondary N) is 4. The molecule has 6 rings (SSSR count). The first-order chi connectivity index (χ1) is 36.5. The molecule has 29 nitrogen and oxygen atoms in total. The minimum absolute atomic E-state index is 0. The van der Waals surface area contributed by atoms with Crippen molar-refractivity contribution in [3.63, 3.8) is 0 Å². The third kappa shape index (κ3) is 19.5. The summed E-state index contributed by atoms with van der Waals surface area (Å²) in [5.41, 5.74) is -1.56. The Kier molecular flexibility index (Phi) is 27.8. The molecule has 0 bridgehead atoms. The van der Waals surface area contributed by atoms with Crippen LogP contribution in [0.15, 0.2) is 113 Å². The molecule has 0 aliphatic carbocycles. The Morgan fingerprint density at radius 3 is 1.09 bits per heavy atom. The number of amides is 2. The molecule has 0 aromatic heterocycles. The maximum absolute atomic E-state index is 13.1. The number of azo groups is 2. The quantitative estimate of drug-likeness (QED) is 0.0181. The Morgan fingerprint density at radius 1 is 0.487 bits per heavy atom. The van der Waals surface area contributed by atoms with Gasteiger partial charge in [0.25, 0.3) is 40.5 Å². The summed E-state index contributed by atoms with van der Waals surface area (Å²) in [5, 5.41) is 80.6. The first-order valence-corrected chi connectivity index (χ1v) is 27.9. The molecule has 0 radical (unpaired) electrons. The van der Waals surface area contributed by atoms with Crippen LogP contribution >= 0.6 is 0 Å². The van der Waals surface area contributed by atoms with Gasteiger partial charge in [0.15, 0.2) is 11.5 Å². The SMILES string of the molecule is COc1cc(N=Nc2c(S(=O)(=O)O)cc3cc(NC(=O)Nc4ccc5c(O)c(N=Nc6cc(C)c(S(=O)(=O)O)c(OC)c6)c(S(=O)(=O)O)cc5c4)ccc3c2O)cc(C)c1S(=O)(=O)O.OCCNCCO.OCCNCCO.[Na+].[Na+]. The average molecular weight is 1220 g/mol. The van der Waals surface area contributed by atoms with E-state index in [-0.39, 0.29) is 152 Å². The summed E-state index contributed by atoms with van der Waals surface area (Å²) < 4.78 is 146. The van der Waals surface area contributed by atoms with Gasteiger partial charge in [0, 0.05) is 60.5 Å². The molecule has 0 saturated carbocycles. The molecular weight excluding hydrogens is 1160 g/mol. The van der Waals surface area contributed by atoms with Crippen LogP contribution in [0.2, 0.25) is 0 Å². The molecule has 0 spiro atoms. The molecule has 0 aliphatic heterocycles. The van der Waals surface area contributed by atoms with Crippen LogP contribution in [-0.4, -0.2) is 155 Å². The molecule has 2 amide bonds. The molecule has 0 aliphatic rings. The fraction of sp³-hybridized carbons (Fsp3) is 0.267. The molecule has 6 aromatic carbocycles. The minimum Gasteiger partial charge on any atom is -0.505 e. The van der Waals surface area contributed by atoms with Gasteiger partial charge in [-0.25, -0.2) is 4.79 Å². The molecule has 6 aromatic rings. The largest absolute Gasteiger partial charge is 1.00 e. The van der Waals surface area contributed by atoms with Gasteiger partial charge < -0.3 is 61.4 Å². The summed E-state index contributed by atoms with van der Waals surface area (Å²) >= 11 is 0. The third-order valence-electron chi connectivity index (χ3n) is 10.3. The van der Waals surface area contributed by atoms with E-state index in [0.29, 0.717) is 26.2 Å². The van der Waals surface area contributed by atoms with Crippen LogP contribution in [-0.2, 0) is 40.5 Å². The molecule has 0 saturated heterocycles. The number of anilines is 2. The Hall–Kier alpha value is -5.09. The number of aliphatic hydroxyl groups is 4. The zero-order valence-electron chi connectivity index (χ0n) is 43.5. The molecule has 0 atom stereocenters. The predicted octanol–water partition coefficient (Wildman–Crippen LogP) is -1.37. The second-order valence-corrected chi connectivity index (χ2v) is 21.4. The Balaban J connectivity index is 0.00000121. The number of carbonyl (C=O) groups excluding carboxylic acids is 1. The number of benzene rings is 6. The van der Waals surface area contributed by atoms with Gasteiger partial charge in [0.2, 0.25) is 0 Å². The van der Waals surface area contributed by atoms with Crippen LogP contribution in [0.25, 0.3) is 21.5 Å². The van der Waals surface area contributed by atoms with Crippen LogP contribution < -0.4 is 89.9 Å². The molecular formula is C45H54N8Na2O21S4+2. The van der Waals surface area contributed by atoms with E-state index in [1.165, 1.54) is 62.4 Å². The van der Waals surface area contributed by atoms with Gasteiger partial charge in [-0.2, -0.15) is 43.9 Å². The molecule has 424 valence electrons. The van der Waals surface area contributed by atoms with Crippen molar-refractivity contribution in [3.8, 4) is 23.0 Å². The van der Waals surface area contributed by atoms with E-state index in [0.717, 1.165) is 38.5 Å². The van der Waals surface area contributed by atoms with Gasteiger partial charge in [-0.1, -0.05) is 0 Å². The molecule has 0 unspecified atom stereocenters. The van der Waals surface area contributed by atoms with Crippen molar-refractivity contribution in [2.24, 2.45) is 20.5 Å². The number of hydrogen-bond acceptors (Lipinski definition) is 23. The first kappa shape index (κ1) is 71.0. The first-order valence-electron chi connectivity index (χ1n) is 22.2. The summed E-state index contributed by atoms with van der Waals surface area (Å²) in [6.07, 6.45) is 0. The van der Waals surface area contributed by atoms with Crippen LogP contribution in [0.1, 0.15) is 11.1 Å². The van der Waals surface area contributed by atoms with E-state index in [9.17, 15) is 66.9 Å². The Morgan fingerprint density at radius 2 is 0.812 bits per heavy atom. The van der Waals surface area contributed by atoms with Crippen LogP contribution in [0, 0.1) is 13.8 Å². The number of carbonyl (C=O) groups is 1.